The van der Waals surface area contributed by atoms with E-state index in [2.05, 4.69) is 13.8 Å². The van der Waals surface area contributed by atoms with Gasteiger partial charge in [-0.2, -0.15) is 0 Å². The van der Waals surface area contributed by atoms with Crippen molar-refractivity contribution in [3.8, 4) is 0 Å². The van der Waals surface area contributed by atoms with Crippen molar-refractivity contribution in [2.45, 2.75) is 20.3 Å². The summed E-state index contributed by atoms with van der Waals surface area (Å²) in [5.74, 6) is 1.04. The van der Waals surface area contributed by atoms with E-state index in [0.717, 1.165) is 6.42 Å². The molecule has 0 spiro atoms. The minimum atomic E-state index is -0.200. The fraction of sp³-hybridized carbons (Fsp3) is 1.00. The topological polar surface area (TPSA) is 55.5 Å². The van der Waals surface area contributed by atoms with E-state index in [4.69, 9.17) is 15.6 Å². The summed E-state index contributed by atoms with van der Waals surface area (Å²) in [6, 6.07) is 0. The molecule has 1 atom stereocenters. The lowest BCUT2D eigenvalue weighted by molar-refractivity contribution is -0.0188. The van der Waals surface area contributed by atoms with Gasteiger partial charge in [0, 0.05) is 0 Å². The van der Waals surface area contributed by atoms with Crippen molar-refractivity contribution >= 4 is 0 Å². The third-order valence-corrected chi connectivity index (χ3v) is 1.58. The van der Waals surface area contributed by atoms with Gasteiger partial charge in [-0.1, -0.05) is 13.8 Å². The molecule has 0 saturated heterocycles. The molecule has 0 aliphatic heterocycles. The fourth-order valence-corrected chi connectivity index (χ4v) is 1.12. The number of nitrogens with two attached hydrogens (primary N) is 1. The van der Waals surface area contributed by atoms with E-state index in [-0.39, 0.29) is 6.79 Å². The van der Waals surface area contributed by atoms with E-state index in [1.807, 2.05) is 0 Å². The summed E-state index contributed by atoms with van der Waals surface area (Å²) in [7, 11) is 0. The molecule has 0 saturated carbocycles. The van der Waals surface area contributed by atoms with Gasteiger partial charge in [0.15, 0.2) is 0 Å². The van der Waals surface area contributed by atoms with Crippen LogP contribution in [0.5, 0.6) is 0 Å². The Morgan fingerprint density at radius 3 is 2.45 bits per heavy atom. The van der Waals surface area contributed by atoms with E-state index < -0.39 is 0 Å². The largest absolute Gasteiger partial charge is 0.371 e. The summed E-state index contributed by atoms with van der Waals surface area (Å²) in [6.45, 7) is 5.32. The maximum atomic E-state index is 8.38. The van der Waals surface area contributed by atoms with Crippen molar-refractivity contribution in [1.82, 2.24) is 0 Å². The number of aliphatic hydroxyl groups excluding tert-OH is 1. The van der Waals surface area contributed by atoms with Gasteiger partial charge < -0.3 is 15.6 Å². The van der Waals surface area contributed by atoms with Crippen LogP contribution in [0, 0.1) is 11.8 Å². The van der Waals surface area contributed by atoms with E-state index >= 15 is 0 Å². The van der Waals surface area contributed by atoms with Gasteiger partial charge in [0.2, 0.25) is 0 Å². The second-order valence-electron chi connectivity index (χ2n) is 3.23. The molecule has 0 aliphatic carbocycles. The molecule has 11 heavy (non-hydrogen) atoms. The van der Waals surface area contributed by atoms with Crippen molar-refractivity contribution in [3.63, 3.8) is 0 Å². The maximum absolute atomic E-state index is 8.38. The van der Waals surface area contributed by atoms with Crippen molar-refractivity contribution in [2.24, 2.45) is 17.6 Å². The average Bonchev–Trinajstić information content (AvgIpc) is 1.97. The summed E-state index contributed by atoms with van der Waals surface area (Å²) < 4.78 is 4.86. The smallest absolute Gasteiger partial charge is 0.143 e. The monoisotopic (exact) mass is 161 g/mol. The summed E-state index contributed by atoms with van der Waals surface area (Å²) in [6.07, 6.45) is 1.07. The number of hydrogen-bond acceptors (Lipinski definition) is 3. The van der Waals surface area contributed by atoms with Crippen LogP contribution in [0.25, 0.3) is 0 Å². The highest BCUT2D eigenvalue weighted by atomic mass is 16.6. The van der Waals surface area contributed by atoms with Crippen LogP contribution >= 0.6 is 0 Å². The Hall–Kier alpha value is -0.120. The Balaban J connectivity index is 3.41. The van der Waals surface area contributed by atoms with Crippen LogP contribution in [0.1, 0.15) is 20.3 Å². The molecule has 0 aliphatic rings. The number of hydrogen-bond donors (Lipinski definition) is 2. The first kappa shape index (κ1) is 10.9. The SMILES string of the molecule is CC(C)C[C@H](CN)COCO. The standard InChI is InChI=1S/C8H19NO2/c1-7(2)3-8(4-9)5-11-6-10/h7-8,10H,3-6,9H2,1-2H3/t8-/m1/s1. The van der Waals surface area contributed by atoms with Gasteiger partial charge in [0.25, 0.3) is 0 Å². The van der Waals surface area contributed by atoms with Crippen LogP contribution < -0.4 is 5.73 Å². The molecule has 3 N–H and O–H groups in total. The van der Waals surface area contributed by atoms with Gasteiger partial charge >= 0.3 is 0 Å². The predicted octanol–water partition coefficient (Wildman–Crippen LogP) is 0.574. The molecule has 0 unspecified atom stereocenters. The average molecular weight is 161 g/mol. The van der Waals surface area contributed by atoms with Crippen molar-refractivity contribution in [1.29, 1.82) is 0 Å². The van der Waals surface area contributed by atoms with E-state index in [1.165, 1.54) is 0 Å². The van der Waals surface area contributed by atoms with Crippen molar-refractivity contribution < 1.29 is 9.84 Å². The fourth-order valence-electron chi connectivity index (χ4n) is 1.12. The Labute approximate surface area is 68.5 Å². The normalized spacial score (nSPS) is 13.9. The van der Waals surface area contributed by atoms with Gasteiger partial charge in [-0.05, 0) is 24.8 Å². The molecule has 0 radical (unpaired) electrons. The zero-order valence-electron chi connectivity index (χ0n) is 7.42. The highest BCUT2D eigenvalue weighted by Crippen LogP contribution is 2.10. The predicted molar refractivity (Wildman–Crippen MR) is 45.0 cm³/mol. The molecule has 3 heteroatoms. The zero-order valence-corrected chi connectivity index (χ0v) is 7.42. The van der Waals surface area contributed by atoms with Crippen LogP contribution in [-0.2, 0) is 4.74 Å². The Kier molecular flexibility index (Phi) is 6.51. The first-order valence-electron chi connectivity index (χ1n) is 4.09. The molecule has 0 aromatic heterocycles. The Morgan fingerprint density at radius 1 is 1.45 bits per heavy atom. The van der Waals surface area contributed by atoms with Gasteiger partial charge in [-0.15, -0.1) is 0 Å². The summed E-state index contributed by atoms with van der Waals surface area (Å²) in [4.78, 5) is 0. The maximum Gasteiger partial charge on any atom is 0.143 e. The first-order chi connectivity index (χ1) is 5.20. The molecule has 0 rings (SSSR count). The molecule has 0 aromatic carbocycles. The van der Waals surface area contributed by atoms with Crippen LogP contribution in [0.3, 0.4) is 0 Å². The lowest BCUT2D eigenvalue weighted by Gasteiger charge is -2.15. The summed E-state index contributed by atoms with van der Waals surface area (Å²) >= 11 is 0. The molecule has 0 fully saturated rings. The van der Waals surface area contributed by atoms with Gasteiger partial charge in [0.05, 0.1) is 6.61 Å². The highest BCUT2D eigenvalue weighted by molar-refractivity contribution is 4.60. The molecule has 68 valence electrons. The van der Waals surface area contributed by atoms with Crippen molar-refractivity contribution in [3.05, 3.63) is 0 Å². The number of ether oxygens (including phenoxy) is 1. The van der Waals surface area contributed by atoms with E-state index in [0.29, 0.717) is 25.0 Å². The molecule has 0 bridgehead atoms. The zero-order chi connectivity index (χ0) is 8.69. The van der Waals surface area contributed by atoms with Gasteiger partial charge in [-0.25, -0.2) is 0 Å². The van der Waals surface area contributed by atoms with Crippen LogP contribution in [0.2, 0.25) is 0 Å². The van der Waals surface area contributed by atoms with Crippen LogP contribution in [0.15, 0.2) is 0 Å². The third-order valence-electron chi connectivity index (χ3n) is 1.58. The van der Waals surface area contributed by atoms with E-state index in [9.17, 15) is 0 Å². The van der Waals surface area contributed by atoms with Crippen molar-refractivity contribution in [2.75, 3.05) is 19.9 Å². The lowest BCUT2D eigenvalue weighted by atomic mass is 9.98. The number of rotatable bonds is 6. The van der Waals surface area contributed by atoms with Gasteiger partial charge in [-0.3, -0.25) is 0 Å². The second kappa shape index (κ2) is 6.58. The third kappa shape index (κ3) is 6.28. The molecule has 0 aromatic rings. The number of aliphatic hydroxyl groups is 1. The molecular formula is C8H19NO2. The van der Waals surface area contributed by atoms with Crippen LogP contribution in [-0.4, -0.2) is 25.1 Å². The molecule has 3 nitrogen and oxygen atoms in total. The Bertz CT molecular complexity index is 86.2. The van der Waals surface area contributed by atoms with Gasteiger partial charge in [0.1, 0.15) is 6.79 Å². The first-order valence-corrected chi connectivity index (χ1v) is 4.09. The second-order valence-corrected chi connectivity index (χ2v) is 3.23. The molecule has 0 amide bonds. The molecule has 0 heterocycles. The quantitative estimate of drug-likeness (QED) is 0.560. The van der Waals surface area contributed by atoms with Crippen LogP contribution in [0.4, 0.5) is 0 Å². The Morgan fingerprint density at radius 2 is 2.09 bits per heavy atom. The summed E-state index contributed by atoms with van der Waals surface area (Å²) in [5.41, 5.74) is 5.50. The minimum absolute atomic E-state index is 0.200. The molecular weight excluding hydrogens is 142 g/mol. The highest BCUT2D eigenvalue weighted by Gasteiger charge is 2.08. The summed E-state index contributed by atoms with van der Waals surface area (Å²) in [5, 5.41) is 8.38. The lowest BCUT2D eigenvalue weighted by Crippen LogP contribution is -2.21. The van der Waals surface area contributed by atoms with E-state index in [1.54, 1.807) is 0 Å². The minimum Gasteiger partial charge on any atom is -0.371 e.